The molecular weight excluding hydrogens is 505 g/mol. The van der Waals surface area contributed by atoms with Crippen molar-refractivity contribution in [2.75, 3.05) is 51.0 Å². The van der Waals surface area contributed by atoms with Gasteiger partial charge in [0.05, 0.1) is 48.6 Å². The maximum atomic E-state index is 13.5. The summed E-state index contributed by atoms with van der Waals surface area (Å²) in [5.74, 6) is -0.245. The first-order chi connectivity index (χ1) is 18.0. The second-order valence-corrected chi connectivity index (χ2v) is 9.55. The van der Waals surface area contributed by atoms with Crippen molar-refractivity contribution in [1.82, 2.24) is 9.55 Å². The lowest BCUT2D eigenvalue weighted by molar-refractivity contribution is -0.138. The molecule has 1 fully saturated rings. The number of carbonyl (C=O) groups is 1. The van der Waals surface area contributed by atoms with Crippen molar-refractivity contribution in [3.63, 3.8) is 0 Å². The molecule has 2 heterocycles. The molecular formula is C26H31F3N4O5. The number of carbonyl (C=O) groups excluding carboxylic acids is 1. The number of halogens is 3. The summed E-state index contributed by atoms with van der Waals surface area (Å²) >= 11 is 0. The molecule has 4 rings (SSSR count). The number of rotatable bonds is 8. The van der Waals surface area contributed by atoms with Crippen molar-refractivity contribution in [3.8, 4) is 0 Å². The number of imidazole rings is 1. The van der Waals surface area contributed by atoms with Gasteiger partial charge in [0.2, 0.25) is 0 Å². The molecule has 0 unspecified atom stereocenters. The number of aromatic nitrogens is 2. The largest absolute Gasteiger partial charge is 0.460 e. The van der Waals surface area contributed by atoms with E-state index >= 15 is 0 Å². The molecule has 9 nitrogen and oxygen atoms in total. The summed E-state index contributed by atoms with van der Waals surface area (Å²) in [5.41, 5.74) is 5.97. The first-order valence-corrected chi connectivity index (χ1v) is 12.1. The standard InChI is InChI=1S/C26H31F3N4O5/c1-16-18(4-3-5-21(16)26(27,28)29)12-33-17(2)31-23-20(24(36)38-15-25(30,13-34)14-35)10-19(11-22(23)33)32-6-8-37-9-7-32/h3-5,10-11,34-35H,6-9,12-15,30H2,1-2H3. The molecule has 12 heteroatoms. The minimum Gasteiger partial charge on any atom is -0.460 e. The van der Waals surface area contributed by atoms with Crippen LogP contribution in [0.25, 0.3) is 11.0 Å². The number of aryl methyl sites for hydroxylation is 1. The van der Waals surface area contributed by atoms with E-state index in [4.69, 9.17) is 15.2 Å². The van der Waals surface area contributed by atoms with Gasteiger partial charge in [0.25, 0.3) is 0 Å². The van der Waals surface area contributed by atoms with E-state index in [1.165, 1.54) is 13.0 Å². The maximum Gasteiger partial charge on any atom is 0.416 e. The van der Waals surface area contributed by atoms with Crippen molar-refractivity contribution in [2.24, 2.45) is 5.73 Å². The van der Waals surface area contributed by atoms with Gasteiger partial charge in [-0.05, 0) is 43.2 Å². The average molecular weight is 537 g/mol. The molecule has 206 valence electrons. The normalized spacial score (nSPS) is 14.8. The van der Waals surface area contributed by atoms with Crippen molar-refractivity contribution in [2.45, 2.75) is 32.1 Å². The minimum absolute atomic E-state index is 0.111. The third-order valence-corrected chi connectivity index (χ3v) is 6.83. The molecule has 0 amide bonds. The van der Waals surface area contributed by atoms with Crippen LogP contribution in [0.2, 0.25) is 0 Å². The van der Waals surface area contributed by atoms with Crippen LogP contribution in [-0.4, -0.2) is 77.4 Å². The van der Waals surface area contributed by atoms with E-state index in [1.807, 2.05) is 11.0 Å². The number of benzene rings is 2. The van der Waals surface area contributed by atoms with Gasteiger partial charge in [0.1, 0.15) is 17.9 Å². The molecule has 1 aliphatic heterocycles. The number of hydrogen-bond acceptors (Lipinski definition) is 8. The fourth-order valence-corrected chi connectivity index (χ4v) is 4.44. The van der Waals surface area contributed by atoms with Gasteiger partial charge in [-0.3, -0.25) is 0 Å². The van der Waals surface area contributed by atoms with Crippen molar-refractivity contribution in [1.29, 1.82) is 0 Å². The molecule has 1 saturated heterocycles. The molecule has 38 heavy (non-hydrogen) atoms. The molecule has 0 saturated carbocycles. The Labute approximate surface area is 217 Å². The maximum absolute atomic E-state index is 13.5. The number of nitrogens with zero attached hydrogens (tertiary/aromatic N) is 3. The van der Waals surface area contributed by atoms with Crippen LogP contribution >= 0.6 is 0 Å². The Balaban J connectivity index is 1.79. The summed E-state index contributed by atoms with van der Waals surface area (Å²) < 4.78 is 53.1. The highest BCUT2D eigenvalue weighted by Gasteiger charge is 2.33. The molecule has 1 aliphatic rings. The average Bonchev–Trinajstić information content (AvgIpc) is 3.22. The van der Waals surface area contributed by atoms with Gasteiger partial charge < -0.3 is 34.9 Å². The van der Waals surface area contributed by atoms with Crippen LogP contribution in [0.1, 0.15) is 32.9 Å². The zero-order chi connectivity index (χ0) is 27.7. The predicted molar refractivity (Wildman–Crippen MR) is 134 cm³/mol. The number of hydrogen-bond donors (Lipinski definition) is 3. The lowest BCUT2D eigenvalue weighted by Crippen LogP contribution is -2.51. The second-order valence-electron chi connectivity index (χ2n) is 9.55. The van der Waals surface area contributed by atoms with Crippen LogP contribution in [0.4, 0.5) is 18.9 Å². The molecule has 0 radical (unpaired) electrons. The van der Waals surface area contributed by atoms with Gasteiger partial charge in [-0.2, -0.15) is 13.2 Å². The first-order valence-electron chi connectivity index (χ1n) is 12.1. The lowest BCUT2D eigenvalue weighted by atomic mass is 10.0. The molecule has 0 atom stereocenters. The van der Waals surface area contributed by atoms with E-state index in [2.05, 4.69) is 4.98 Å². The van der Waals surface area contributed by atoms with Gasteiger partial charge in [0.15, 0.2) is 0 Å². The highest BCUT2D eigenvalue weighted by molar-refractivity contribution is 6.04. The van der Waals surface area contributed by atoms with Crippen LogP contribution in [0.15, 0.2) is 30.3 Å². The highest BCUT2D eigenvalue weighted by atomic mass is 19.4. The van der Waals surface area contributed by atoms with E-state index in [-0.39, 0.29) is 17.7 Å². The molecule has 0 spiro atoms. The van der Waals surface area contributed by atoms with Crippen LogP contribution < -0.4 is 10.6 Å². The van der Waals surface area contributed by atoms with Gasteiger partial charge in [0, 0.05) is 25.3 Å². The monoisotopic (exact) mass is 536 g/mol. The quantitative estimate of drug-likeness (QED) is 0.375. The van der Waals surface area contributed by atoms with Crippen LogP contribution in [-0.2, 0) is 22.2 Å². The number of anilines is 1. The molecule has 4 N–H and O–H groups in total. The summed E-state index contributed by atoms with van der Waals surface area (Å²) in [7, 11) is 0. The summed E-state index contributed by atoms with van der Waals surface area (Å²) in [6.45, 7) is 3.83. The first kappa shape index (κ1) is 27.8. The summed E-state index contributed by atoms with van der Waals surface area (Å²) in [6, 6.07) is 7.58. The molecule has 0 aliphatic carbocycles. The number of fused-ring (bicyclic) bond motifs is 1. The number of ether oxygens (including phenoxy) is 2. The summed E-state index contributed by atoms with van der Waals surface area (Å²) in [5, 5.41) is 18.9. The van der Waals surface area contributed by atoms with Crippen molar-refractivity contribution in [3.05, 3.63) is 58.4 Å². The Morgan fingerprint density at radius 3 is 2.47 bits per heavy atom. The zero-order valence-corrected chi connectivity index (χ0v) is 21.2. The van der Waals surface area contributed by atoms with E-state index in [0.717, 1.165) is 6.07 Å². The topological polar surface area (TPSA) is 123 Å². The Bertz CT molecular complexity index is 1310. The van der Waals surface area contributed by atoms with Crippen LogP contribution in [0.5, 0.6) is 0 Å². The summed E-state index contributed by atoms with van der Waals surface area (Å²) in [4.78, 5) is 19.8. The van der Waals surface area contributed by atoms with E-state index in [1.54, 1.807) is 23.6 Å². The molecule has 3 aromatic rings. The number of morpholine rings is 1. The fraction of sp³-hybridized carbons (Fsp3) is 0.462. The predicted octanol–water partition coefficient (Wildman–Crippen LogP) is 2.40. The van der Waals surface area contributed by atoms with Crippen molar-refractivity contribution >= 4 is 22.7 Å². The van der Waals surface area contributed by atoms with Gasteiger partial charge in [-0.15, -0.1) is 0 Å². The number of nitrogens with two attached hydrogens (primary N) is 1. The van der Waals surface area contributed by atoms with E-state index < -0.39 is 43.1 Å². The minimum atomic E-state index is -4.48. The number of esters is 1. The van der Waals surface area contributed by atoms with E-state index in [0.29, 0.717) is 54.4 Å². The van der Waals surface area contributed by atoms with Gasteiger partial charge in [-0.1, -0.05) is 12.1 Å². The molecule has 1 aromatic heterocycles. The summed E-state index contributed by atoms with van der Waals surface area (Å²) in [6.07, 6.45) is -4.48. The number of aliphatic hydroxyl groups is 2. The molecule has 2 aromatic carbocycles. The smallest absolute Gasteiger partial charge is 0.416 e. The highest BCUT2D eigenvalue weighted by Crippen LogP contribution is 2.34. The van der Waals surface area contributed by atoms with Crippen LogP contribution in [0, 0.1) is 13.8 Å². The van der Waals surface area contributed by atoms with Crippen molar-refractivity contribution < 1.29 is 37.7 Å². The number of aliphatic hydroxyl groups excluding tert-OH is 2. The third-order valence-electron chi connectivity index (χ3n) is 6.83. The third kappa shape index (κ3) is 5.63. The fourth-order valence-electron chi connectivity index (χ4n) is 4.44. The Hall–Kier alpha value is -3.19. The zero-order valence-electron chi connectivity index (χ0n) is 21.2. The Morgan fingerprint density at radius 2 is 1.84 bits per heavy atom. The number of alkyl halides is 3. The van der Waals surface area contributed by atoms with Gasteiger partial charge in [-0.25, -0.2) is 9.78 Å². The van der Waals surface area contributed by atoms with Crippen LogP contribution in [0.3, 0.4) is 0 Å². The van der Waals surface area contributed by atoms with Gasteiger partial charge >= 0.3 is 12.1 Å². The second kappa shape index (κ2) is 10.9. The Morgan fingerprint density at radius 1 is 1.16 bits per heavy atom. The lowest BCUT2D eigenvalue weighted by Gasteiger charge is -2.29. The molecule has 0 bridgehead atoms. The Kier molecular flexibility index (Phi) is 7.98. The van der Waals surface area contributed by atoms with E-state index in [9.17, 15) is 28.2 Å². The SMILES string of the molecule is Cc1c(Cn2c(C)nc3c(C(=O)OCC(N)(CO)CO)cc(N4CCOCC4)cc32)cccc1C(F)(F)F.